The zero-order valence-corrected chi connectivity index (χ0v) is 16.1. The average Bonchev–Trinajstić information content (AvgIpc) is 3.19. The second-order valence-corrected chi connectivity index (χ2v) is 7.72. The molecule has 27 heavy (non-hydrogen) atoms. The Labute approximate surface area is 168 Å². The molecule has 2 aromatic carbocycles. The van der Waals surface area contributed by atoms with Crippen LogP contribution in [-0.2, 0) is 0 Å². The Morgan fingerprint density at radius 3 is 2.67 bits per heavy atom. The van der Waals surface area contributed by atoms with Gasteiger partial charge in [-0.3, -0.25) is 14.9 Å². The molecule has 0 atom stereocenters. The Morgan fingerprint density at radius 2 is 2.00 bits per heavy atom. The lowest BCUT2D eigenvalue weighted by atomic mass is 10.2. The van der Waals surface area contributed by atoms with Gasteiger partial charge in [-0.1, -0.05) is 35.5 Å². The summed E-state index contributed by atoms with van der Waals surface area (Å²) in [4.78, 5) is 24.7. The van der Waals surface area contributed by atoms with Gasteiger partial charge in [-0.2, -0.15) is 5.10 Å². The predicted octanol–water partition coefficient (Wildman–Crippen LogP) is 5.22. The number of hydrogen-bond acceptors (Lipinski definition) is 6. The van der Waals surface area contributed by atoms with Crippen LogP contribution in [0.15, 0.2) is 74.9 Å². The molecule has 3 aromatic rings. The third-order valence-electron chi connectivity index (χ3n) is 3.35. The van der Waals surface area contributed by atoms with Crippen molar-refractivity contribution in [1.29, 1.82) is 0 Å². The molecular weight excluding hydrogens is 406 g/mol. The number of rotatable bonds is 6. The number of hydrogen-bond donors (Lipinski definition) is 1. The van der Waals surface area contributed by atoms with Crippen LogP contribution in [0.25, 0.3) is 0 Å². The fraction of sp³-hybridized carbons (Fsp3) is 0. The summed E-state index contributed by atoms with van der Waals surface area (Å²) in [6.07, 6.45) is 1.37. The zero-order valence-electron chi connectivity index (χ0n) is 13.7. The Balaban J connectivity index is 1.74. The highest BCUT2D eigenvalue weighted by Gasteiger charge is 2.15. The van der Waals surface area contributed by atoms with E-state index in [1.165, 1.54) is 35.4 Å². The molecule has 6 nitrogen and oxygen atoms in total. The van der Waals surface area contributed by atoms with Gasteiger partial charge in [-0.25, -0.2) is 5.43 Å². The van der Waals surface area contributed by atoms with Gasteiger partial charge in [-0.15, -0.1) is 11.3 Å². The van der Waals surface area contributed by atoms with Crippen molar-refractivity contribution >= 4 is 52.5 Å². The number of hydrazone groups is 1. The SMILES string of the molecule is O=C(N/N=C\c1ccc(Sc2ccc(Cl)cc2)c([N+](=O)[O-])c1)c1cccs1. The lowest BCUT2D eigenvalue weighted by Crippen LogP contribution is -2.16. The van der Waals surface area contributed by atoms with Crippen molar-refractivity contribution in [2.24, 2.45) is 5.10 Å². The highest BCUT2D eigenvalue weighted by molar-refractivity contribution is 7.99. The van der Waals surface area contributed by atoms with E-state index in [4.69, 9.17) is 11.6 Å². The standard InChI is InChI=1S/C18H12ClN3O3S2/c19-13-4-6-14(7-5-13)27-16-8-3-12(10-15(16)22(24)25)11-20-21-18(23)17-2-1-9-26-17/h1-11H,(H,21,23)/b20-11-. The molecular formula is C18H12ClN3O3S2. The zero-order chi connectivity index (χ0) is 19.2. The van der Waals surface area contributed by atoms with Gasteiger partial charge >= 0.3 is 0 Å². The third kappa shape index (κ3) is 5.16. The molecule has 1 heterocycles. The smallest absolute Gasteiger partial charge is 0.266 e. The summed E-state index contributed by atoms with van der Waals surface area (Å²) in [6.45, 7) is 0. The molecule has 0 bridgehead atoms. The third-order valence-corrected chi connectivity index (χ3v) is 5.54. The summed E-state index contributed by atoms with van der Waals surface area (Å²) in [6, 6.07) is 15.3. The Morgan fingerprint density at radius 1 is 1.22 bits per heavy atom. The highest BCUT2D eigenvalue weighted by atomic mass is 35.5. The molecule has 0 radical (unpaired) electrons. The topological polar surface area (TPSA) is 84.6 Å². The van der Waals surface area contributed by atoms with Crippen LogP contribution in [0.3, 0.4) is 0 Å². The number of carbonyl (C=O) groups excluding carboxylic acids is 1. The summed E-state index contributed by atoms with van der Waals surface area (Å²) in [5.41, 5.74) is 2.86. The van der Waals surface area contributed by atoms with E-state index in [1.54, 1.807) is 53.9 Å². The van der Waals surface area contributed by atoms with E-state index in [0.29, 0.717) is 20.4 Å². The largest absolute Gasteiger partial charge is 0.283 e. The van der Waals surface area contributed by atoms with Crippen LogP contribution in [-0.4, -0.2) is 17.0 Å². The second kappa shape index (κ2) is 8.81. The van der Waals surface area contributed by atoms with Gasteiger partial charge in [0.25, 0.3) is 11.6 Å². The van der Waals surface area contributed by atoms with Crippen LogP contribution < -0.4 is 5.43 Å². The minimum absolute atomic E-state index is 0.0384. The summed E-state index contributed by atoms with van der Waals surface area (Å²) < 4.78 is 0. The maximum absolute atomic E-state index is 11.8. The van der Waals surface area contributed by atoms with Gasteiger partial charge in [-0.05, 0) is 41.8 Å². The van der Waals surface area contributed by atoms with Crippen LogP contribution in [0.2, 0.25) is 5.02 Å². The summed E-state index contributed by atoms with van der Waals surface area (Å²) in [5.74, 6) is -0.328. The second-order valence-electron chi connectivity index (χ2n) is 5.22. The number of nitrogens with zero attached hydrogens (tertiary/aromatic N) is 2. The Bertz CT molecular complexity index is 990. The molecule has 1 aromatic heterocycles. The molecule has 0 fully saturated rings. The average molecular weight is 418 g/mol. The van der Waals surface area contributed by atoms with Gasteiger partial charge in [0.15, 0.2) is 0 Å². The summed E-state index contributed by atoms with van der Waals surface area (Å²) in [5, 5.41) is 17.7. The number of carbonyl (C=O) groups is 1. The molecule has 0 spiro atoms. The molecule has 0 aliphatic carbocycles. The van der Waals surface area contributed by atoms with E-state index in [1.807, 2.05) is 0 Å². The number of nitro benzene ring substituents is 1. The first-order chi connectivity index (χ1) is 13.0. The van der Waals surface area contributed by atoms with E-state index >= 15 is 0 Å². The number of nitro groups is 1. The number of thiophene rings is 1. The molecule has 0 saturated heterocycles. The number of benzene rings is 2. The lowest BCUT2D eigenvalue weighted by Gasteiger charge is -2.04. The first-order valence-electron chi connectivity index (χ1n) is 7.62. The van der Waals surface area contributed by atoms with Crippen LogP contribution in [0.1, 0.15) is 15.2 Å². The maximum atomic E-state index is 11.8. The molecule has 1 N–H and O–H groups in total. The van der Waals surface area contributed by atoms with Crippen molar-refractivity contribution in [3.63, 3.8) is 0 Å². The van der Waals surface area contributed by atoms with Crippen LogP contribution in [0, 0.1) is 10.1 Å². The fourth-order valence-corrected chi connectivity index (χ4v) is 3.74. The van der Waals surface area contributed by atoms with Crippen molar-refractivity contribution in [3.05, 3.63) is 85.6 Å². The first-order valence-corrected chi connectivity index (χ1v) is 9.69. The van der Waals surface area contributed by atoms with Crippen molar-refractivity contribution in [1.82, 2.24) is 5.43 Å². The van der Waals surface area contributed by atoms with Crippen molar-refractivity contribution in [2.45, 2.75) is 9.79 Å². The quantitative estimate of drug-likeness (QED) is 0.338. The van der Waals surface area contributed by atoms with Crippen molar-refractivity contribution < 1.29 is 9.72 Å². The van der Waals surface area contributed by atoms with Gasteiger partial charge in [0, 0.05) is 21.5 Å². The van der Waals surface area contributed by atoms with Gasteiger partial charge in [0.2, 0.25) is 0 Å². The van der Waals surface area contributed by atoms with E-state index < -0.39 is 4.92 Å². The predicted molar refractivity (Wildman–Crippen MR) is 108 cm³/mol. The molecule has 0 unspecified atom stereocenters. The van der Waals surface area contributed by atoms with E-state index in [2.05, 4.69) is 10.5 Å². The van der Waals surface area contributed by atoms with Crippen molar-refractivity contribution in [2.75, 3.05) is 0 Å². The van der Waals surface area contributed by atoms with Gasteiger partial charge in [0.1, 0.15) is 0 Å². The lowest BCUT2D eigenvalue weighted by molar-refractivity contribution is -0.387. The summed E-state index contributed by atoms with van der Waals surface area (Å²) in [7, 11) is 0. The minimum atomic E-state index is -0.445. The van der Waals surface area contributed by atoms with Crippen LogP contribution in [0.4, 0.5) is 5.69 Å². The van der Waals surface area contributed by atoms with E-state index in [-0.39, 0.29) is 11.6 Å². The molecule has 9 heteroatoms. The first kappa shape index (κ1) is 19.1. The Kier molecular flexibility index (Phi) is 6.23. The molecule has 0 saturated carbocycles. The summed E-state index contributed by atoms with van der Waals surface area (Å²) >= 11 is 8.43. The number of nitrogens with one attached hydrogen (secondary N) is 1. The normalized spacial score (nSPS) is 10.9. The monoisotopic (exact) mass is 417 g/mol. The van der Waals surface area contributed by atoms with Crippen LogP contribution >= 0.6 is 34.7 Å². The van der Waals surface area contributed by atoms with Crippen LogP contribution in [0.5, 0.6) is 0 Å². The molecule has 3 rings (SSSR count). The van der Waals surface area contributed by atoms with E-state index in [9.17, 15) is 14.9 Å². The molecule has 1 amide bonds. The molecule has 0 aliphatic rings. The minimum Gasteiger partial charge on any atom is -0.266 e. The molecule has 136 valence electrons. The van der Waals surface area contributed by atoms with Gasteiger partial charge < -0.3 is 0 Å². The van der Waals surface area contributed by atoms with Gasteiger partial charge in [0.05, 0.1) is 20.9 Å². The number of halogens is 1. The molecule has 0 aliphatic heterocycles. The van der Waals surface area contributed by atoms with E-state index in [0.717, 1.165) is 4.90 Å². The highest BCUT2D eigenvalue weighted by Crippen LogP contribution is 2.35. The Hall–Kier alpha value is -2.68. The maximum Gasteiger partial charge on any atom is 0.283 e. The fourth-order valence-electron chi connectivity index (χ4n) is 2.10. The number of amides is 1. The van der Waals surface area contributed by atoms with Crippen molar-refractivity contribution in [3.8, 4) is 0 Å².